The van der Waals surface area contributed by atoms with Crippen molar-refractivity contribution in [3.8, 4) is 22.5 Å². The van der Waals surface area contributed by atoms with Crippen molar-refractivity contribution in [2.45, 2.75) is 39.7 Å². The predicted molar refractivity (Wildman–Crippen MR) is 137 cm³/mol. The van der Waals surface area contributed by atoms with Gasteiger partial charge in [-0.25, -0.2) is 9.78 Å². The zero-order chi connectivity index (χ0) is 25.8. The van der Waals surface area contributed by atoms with Gasteiger partial charge in [0.2, 0.25) is 5.91 Å². The molecular weight excluding hydrogens is 458 g/mol. The van der Waals surface area contributed by atoms with Crippen molar-refractivity contribution < 1.29 is 9.32 Å². The van der Waals surface area contributed by atoms with Crippen LogP contribution >= 0.6 is 0 Å². The summed E-state index contributed by atoms with van der Waals surface area (Å²) in [6.45, 7) is 4.18. The Labute approximate surface area is 208 Å². The molecule has 0 fully saturated rings. The van der Waals surface area contributed by atoms with Gasteiger partial charge >= 0.3 is 5.76 Å². The molecule has 0 saturated carbocycles. The Morgan fingerprint density at radius 2 is 1.75 bits per heavy atom. The fraction of sp³-hybridized carbons (Fsp3) is 0.296. The monoisotopic (exact) mass is 487 g/mol. The molecule has 186 valence electrons. The van der Waals surface area contributed by atoms with Gasteiger partial charge < -0.3 is 4.90 Å². The highest BCUT2D eigenvalue weighted by molar-refractivity contribution is 5.80. The van der Waals surface area contributed by atoms with Gasteiger partial charge in [-0.2, -0.15) is 0 Å². The van der Waals surface area contributed by atoms with Gasteiger partial charge in [0, 0.05) is 37.3 Å². The lowest BCUT2D eigenvalue weighted by molar-refractivity contribution is -0.128. The Bertz CT molecular complexity index is 1500. The number of H-pyrrole nitrogens is 1. The fourth-order valence-electron chi connectivity index (χ4n) is 4.11. The summed E-state index contributed by atoms with van der Waals surface area (Å²) in [5, 5.41) is 3.81. The van der Waals surface area contributed by atoms with E-state index in [2.05, 4.69) is 14.7 Å². The van der Waals surface area contributed by atoms with Crippen LogP contribution in [0.3, 0.4) is 0 Å². The van der Waals surface area contributed by atoms with Crippen LogP contribution in [-0.4, -0.2) is 44.6 Å². The molecule has 2 aromatic heterocycles. The number of carbonyl (C=O) groups excluding carboxylic acids is 1. The molecule has 2 aromatic carbocycles. The van der Waals surface area contributed by atoms with Gasteiger partial charge in [0.15, 0.2) is 5.82 Å². The van der Waals surface area contributed by atoms with Crippen LogP contribution in [0, 0.1) is 6.92 Å². The second kappa shape index (κ2) is 10.6. The van der Waals surface area contributed by atoms with Crippen LogP contribution in [0.5, 0.6) is 0 Å². The smallest absolute Gasteiger partial charge is 0.349 e. The summed E-state index contributed by atoms with van der Waals surface area (Å²) in [6, 6.07) is 15.4. The van der Waals surface area contributed by atoms with Crippen molar-refractivity contribution >= 4 is 5.91 Å². The highest BCUT2D eigenvalue weighted by Gasteiger charge is 2.18. The summed E-state index contributed by atoms with van der Waals surface area (Å²) in [5.74, 6) is 0.330. The van der Waals surface area contributed by atoms with Crippen molar-refractivity contribution in [3.63, 3.8) is 0 Å². The first-order chi connectivity index (χ1) is 17.3. The maximum absolute atomic E-state index is 13.4. The fourth-order valence-corrected chi connectivity index (χ4v) is 4.11. The summed E-state index contributed by atoms with van der Waals surface area (Å²) < 4.78 is 6.35. The number of aromatic amines is 1. The van der Waals surface area contributed by atoms with Gasteiger partial charge in [0.05, 0.1) is 13.0 Å². The van der Waals surface area contributed by atoms with Gasteiger partial charge in [0.25, 0.3) is 5.56 Å². The SMILES string of the molecule is CCCc1nc(C)c(CC(=O)N(C)C)c(=O)n1Cc1ccc(-c2ccccc2-c2noc(=O)[nH]2)cc1. The summed E-state index contributed by atoms with van der Waals surface area (Å²) in [4.78, 5) is 46.0. The number of hydrogen-bond donors (Lipinski definition) is 1. The number of aromatic nitrogens is 4. The third-order valence-electron chi connectivity index (χ3n) is 6.08. The first-order valence-corrected chi connectivity index (χ1v) is 11.8. The molecule has 1 N–H and O–H groups in total. The van der Waals surface area contributed by atoms with Crippen LogP contribution in [0.1, 0.15) is 36.0 Å². The number of nitrogens with zero attached hydrogens (tertiary/aromatic N) is 4. The van der Waals surface area contributed by atoms with Crippen LogP contribution in [0.25, 0.3) is 22.5 Å². The highest BCUT2D eigenvalue weighted by Crippen LogP contribution is 2.30. The molecule has 0 radical (unpaired) electrons. The molecular formula is C27H29N5O4. The summed E-state index contributed by atoms with van der Waals surface area (Å²) in [5.41, 5.74) is 4.35. The van der Waals surface area contributed by atoms with E-state index in [4.69, 9.17) is 4.98 Å². The van der Waals surface area contributed by atoms with Crippen LogP contribution < -0.4 is 11.3 Å². The third kappa shape index (κ3) is 5.19. The Hall–Kier alpha value is -4.27. The molecule has 4 aromatic rings. The van der Waals surface area contributed by atoms with E-state index in [1.54, 1.807) is 25.6 Å². The molecule has 0 unspecified atom stereocenters. The number of benzene rings is 2. The zero-order valence-corrected chi connectivity index (χ0v) is 20.9. The topological polar surface area (TPSA) is 114 Å². The molecule has 2 heterocycles. The average molecular weight is 488 g/mol. The first kappa shape index (κ1) is 24.8. The molecule has 0 aliphatic rings. The van der Waals surface area contributed by atoms with Crippen LogP contribution in [0.2, 0.25) is 0 Å². The van der Waals surface area contributed by atoms with E-state index in [9.17, 15) is 14.4 Å². The number of aryl methyl sites for hydroxylation is 2. The lowest BCUT2D eigenvalue weighted by Gasteiger charge is -2.17. The molecule has 0 atom stereocenters. The van der Waals surface area contributed by atoms with Crippen LogP contribution in [-0.2, 0) is 24.2 Å². The minimum atomic E-state index is -0.609. The molecule has 0 aliphatic carbocycles. The van der Waals surface area contributed by atoms with Crippen LogP contribution in [0.15, 0.2) is 62.6 Å². The van der Waals surface area contributed by atoms with Crippen molar-refractivity contribution in [2.24, 2.45) is 0 Å². The normalized spacial score (nSPS) is 11.0. The number of amides is 1. The molecule has 0 bridgehead atoms. The summed E-state index contributed by atoms with van der Waals surface area (Å²) in [6.07, 6.45) is 1.54. The predicted octanol–water partition coefficient (Wildman–Crippen LogP) is 3.19. The Morgan fingerprint density at radius 1 is 1.06 bits per heavy atom. The van der Waals surface area contributed by atoms with Crippen molar-refractivity contribution in [1.82, 2.24) is 24.6 Å². The number of likely N-dealkylation sites (N-methyl/N-ethyl adjacent to an activating group) is 1. The number of rotatable bonds is 8. The molecule has 0 saturated heterocycles. The van der Waals surface area contributed by atoms with E-state index in [1.807, 2.05) is 55.5 Å². The minimum absolute atomic E-state index is 0.0247. The number of carbonyl (C=O) groups is 1. The Morgan fingerprint density at radius 3 is 2.36 bits per heavy atom. The van der Waals surface area contributed by atoms with E-state index >= 15 is 0 Å². The lowest BCUT2D eigenvalue weighted by atomic mass is 9.98. The first-order valence-electron chi connectivity index (χ1n) is 11.8. The second-order valence-electron chi connectivity index (χ2n) is 8.88. The average Bonchev–Trinajstić information content (AvgIpc) is 3.30. The van der Waals surface area contributed by atoms with Gasteiger partial charge in [-0.05, 0) is 30.0 Å². The van der Waals surface area contributed by atoms with Crippen molar-refractivity contribution in [3.05, 3.63) is 92.1 Å². The van der Waals surface area contributed by atoms with E-state index in [0.717, 1.165) is 28.7 Å². The Balaban J connectivity index is 1.68. The van der Waals surface area contributed by atoms with Crippen LogP contribution in [0.4, 0.5) is 0 Å². The third-order valence-corrected chi connectivity index (χ3v) is 6.08. The molecule has 4 rings (SSSR count). The number of hydrogen-bond acceptors (Lipinski definition) is 6. The minimum Gasteiger partial charge on any atom is -0.349 e. The second-order valence-corrected chi connectivity index (χ2v) is 8.88. The maximum Gasteiger partial charge on any atom is 0.439 e. The molecule has 36 heavy (non-hydrogen) atoms. The largest absolute Gasteiger partial charge is 0.439 e. The number of nitrogens with one attached hydrogen (secondary N) is 1. The Kier molecular flexibility index (Phi) is 7.28. The van der Waals surface area contributed by atoms with Gasteiger partial charge in [-0.15, -0.1) is 0 Å². The summed E-state index contributed by atoms with van der Waals surface area (Å²) >= 11 is 0. The molecule has 1 amide bonds. The van der Waals surface area contributed by atoms with E-state index in [-0.39, 0.29) is 17.9 Å². The van der Waals surface area contributed by atoms with Gasteiger partial charge in [0.1, 0.15) is 5.82 Å². The quantitative estimate of drug-likeness (QED) is 0.408. The zero-order valence-electron chi connectivity index (χ0n) is 20.9. The van der Waals surface area contributed by atoms with Gasteiger partial charge in [-0.3, -0.25) is 23.7 Å². The van der Waals surface area contributed by atoms with E-state index in [1.165, 1.54) is 4.90 Å². The molecule has 9 heteroatoms. The standard InChI is InChI=1S/C27H29N5O4/c1-5-8-23-28-17(2)22(15-24(33)31(3)4)26(34)32(23)16-18-11-13-19(14-12-18)20-9-6-7-10-21(20)25-29-27(35)36-30-25/h6-7,9-14H,5,8,15-16H2,1-4H3,(H,29,30,35). The van der Waals surface area contributed by atoms with Crippen molar-refractivity contribution in [1.29, 1.82) is 0 Å². The maximum atomic E-state index is 13.4. The lowest BCUT2D eigenvalue weighted by Crippen LogP contribution is -2.33. The highest BCUT2D eigenvalue weighted by atomic mass is 16.5. The van der Waals surface area contributed by atoms with E-state index in [0.29, 0.717) is 35.9 Å². The van der Waals surface area contributed by atoms with E-state index < -0.39 is 5.76 Å². The van der Waals surface area contributed by atoms with Gasteiger partial charge in [-0.1, -0.05) is 60.6 Å². The molecule has 9 nitrogen and oxygen atoms in total. The summed E-state index contributed by atoms with van der Waals surface area (Å²) in [7, 11) is 3.35. The van der Waals surface area contributed by atoms with Crippen molar-refractivity contribution in [2.75, 3.05) is 14.1 Å². The molecule has 0 aliphatic heterocycles. The molecule has 0 spiro atoms.